The second-order valence-corrected chi connectivity index (χ2v) is 9.82. The number of Topliss-reactive ketones (excluding diaryl/α,β-unsaturated/α-hetero) is 1. The van der Waals surface area contributed by atoms with Gasteiger partial charge in [0.25, 0.3) is 5.78 Å². The number of alkyl carbamates (subject to hydrolysis) is 1. The van der Waals surface area contributed by atoms with Crippen LogP contribution in [-0.4, -0.2) is 72.4 Å². The zero-order valence-electron chi connectivity index (χ0n) is 23.6. The molecule has 3 amide bonds. The third kappa shape index (κ3) is 11.9. The van der Waals surface area contributed by atoms with Crippen LogP contribution in [0.15, 0.2) is 24.3 Å². The summed E-state index contributed by atoms with van der Waals surface area (Å²) >= 11 is 0. The Hall–Kier alpha value is -4.10. The van der Waals surface area contributed by atoms with Gasteiger partial charge in [-0.3, -0.25) is 14.4 Å². The number of rotatable bonds is 16. The number of amides is 3. The maximum absolute atomic E-state index is 13.2. The van der Waals surface area contributed by atoms with Crippen molar-refractivity contribution in [1.29, 1.82) is 0 Å². The zero-order valence-corrected chi connectivity index (χ0v) is 23.6. The molecule has 0 saturated heterocycles. The monoisotopic (exact) mass is 585 g/mol. The summed E-state index contributed by atoms with van der Waals surface area (Å²) in [6.07, 6.45) is -4.75. The Morgan fingerprint density at radius 3 is 1.95 bits per heavy atom. The third-order valence-electron chi connectivity index (χ3n) is 6.11. The molecule has 4 N–H and O–H groups in total. The average molecular weight is 586 g/mol. The van der Waals surface area contributed by atoms with E-state index in [4.69, 9.17) is 9.84 Å². The van der Waals surface area contributed by atoms with E-state index in [1.54, 1.807) is 39.8 Å². The Bertz CT molecular complexity index is 1080. The number of ketones is 1. The van der Waals surface area contributed by atoms with Gasteiger partial charge in [-0.15, -0.1) is 0 Å². The topological polar surface area (TPSA) is 177 Å². The van der Waals surface area contributed by atoms with Gasteiger partial charge in [-0.1, -0.05) is 46.2 Å². The lowest BCUT2D eigenvalue weighted by atomic mass is 9.96. The first kappa shape index (κ1) is 34.9. The van der Waals surface area contributed by atoms with Gasteiger partial charge in [0.2, 0.25) is 18.2 Å². The fourth-order valence-corrected chi connectivity index (χ4v) is 3.67. The highest BCUT2D eigenvalue weighted by Crippen LogP contribution is 2.13. The van der Waals surface area contributed by atoms with Gasteiger partial charge < -0.3 is 30.5 Å². The summed E-state index contributed by atoms with van der Waals surface area (Å²) in [6, 6.07) is 1.64. The predicted molar refractivity (Wildman–Crippen MR) is 141 cm³/mol. The number of nitrogens with one attached hydrogen (secondary N) is 3. The van der Waals surface area contributed by atoms with Crippen molar-refractivity contribution < 1.29 is 52.1 Å². The van der Waals surface area contributed by atoms with Gasteiger partial charge in [0.1, 0.15) is 24.7 Å². The van der Waals surface area contributed by atoms with Gasteiger partial charge in [0.15, 0.2) is 0 Å². The van der Waals surface area contributed by atoms with Gasteiger partial charge in [-0.25, -0.2) is 23.2 Å². The molecule has 0 aromatic heterocycles. The van der Waals surface area contributed by atoms with Crippen LogP contribution in [0, 0.1) is 11.8 Å². The number of benzene rings is 1. The molecule has 0 saturated carbocycles. The molecule has 14 heteroatoms. The summed E-state index contributed by atoms with van der Waals surface area (Å²) < 4.78 is 35.7. The second-order valence-electron chi connectivity index (χ2n) is 9.82. The SMILES string of the molecule is CCC(C)[C@H](NC(=O)OCc1ccc(C(=O)OC)cc1)C(=O)N[C@@H](CC(C)C)C(=O)N[C@@H](CC(F)F)C(=O)C(=O)O. The number of carboxylic acid groups (broad SMARTS) is 1. The van der Waals surface area contributed by atoms with Crippen LogP contribution in [0.3, 0.4) is 0 Å². The van der Waals surface area contributed by atoms with E-state index >= 15 is 0 Å². The highest BCUT2D eigenvalue weighted by Gasteiger charge is 2.34. The molecule has 0 fully saturated rings. The third-order valence-corrected chi connectivity index (χ3v) is 6.11. The van der Waals surface area contributed by atoms with Crippen molar-refractivity contribution in [3.8, 4) is 0 Å². The van der Waals surface area contributed by atoms with Crippen LogP contribution in [0.4, 0.5) is 13.6 Å². The number of carbonyl (C=O) groups is 6. The summed E-state index contributed by atoms with van der Waals surface area (Å²) in [5.74, 6) is -6.53. The number of hydrogen-bond donors (Lipinski definition) is 4. The fourth-order valence-electron chi connectivity index (χ4n) is 3.67. The van der Waals surface area contributed by atoms with Crippen LogP contribution < -0.4 is 16.0 Å². The van der Waals surface area contributed by atoms with E-state index in [0.29, 0.717) is 17.5 Å². The molecule has 0 radical (unpaired) electrons. The Morgan fingerprint density at radius 2 is 1.46 bits per heavy atom. The van der Waals surface area contributed by atoms with Crippen molar-refractivity contribution in [2.24, 2.45) is 11.8 Å². The minimum atomic E-state index is -3.07. The Balaban J connectivity index is 2.98. The van der Waals surface area contributed by atoms with Gasteiger partial charge in [0.05, 0.1) is 12.7 Å². The highest BCUT2D eigenvalue weighted by molar-refractivity contribution is 6.35. The van der Waals surface area contributed by atoms with Crippen LogP contribution in [0.1, 0.15) is 62.9 Å². The summed E-state index contributed by atoms with van der Waals surface area (Å²) in [7, 11) is 1.25. The summed E-state index contributed by atoms with van der Waals surface area (Å²) in [6.45, 7) is 6.73. The first-order valence-electron chi connectivity index (χ1n) is 13.0. The number of aliphatic carboxylic acids is 1. The van der Waals surface area contributed by atoms with Crippen molar-refractivity contribution in [3.63, 3.8) is 0 Å². The van der Waals surface area contributed by atoms with E-state index in [0.717, 1.165) is 0 Å². The number of carbonyl (C=O) groups excluding carboxylic acids is 5. The van der Waals surface area contributed by atoms with Crippen molar-refractivity contribution >= 4 is 35.6 Å². The van der Waals surface area contributed by atoms with E-state index < -0.39 is 72.5 Å². The lowest BCUT2D eigenvalue weighted by Crippen LogP contribution is -2.58. The zero-order chi connectivity index (χ0) is 31.3. The van der Waals surface area contributed by atoms with Crippen LogP contribution in [0.5, 0.6) is 0 Å². The first-order chi connectivity index (χ1) is 19.2. The molecule has 1 rings (SSSR count). The molecule has 1 aromatic rings. The Morgan fingerprint density at radius 1 is 0.878 bits per heavy atom. The number of carboxylic acids is 1. The summed E-state index contributed by atoms with van der Waals surface area (Å²) in [5, 5.41) is 15.9. The molecule has 0 aliphatic carbocycles. The maximum atomic E-state index is 13.2. The normalized spacial score (nSPS) is 13.9. The number of hydrogen-bond acceptors (Lipinski definition) is 8. The van der Waals surface area contributed by atoms with Gasteiger partial charge in [0, 0.05) is 6.42 Å². The van der Waals surface area contributed by atoms with Crippen LogP contribution in [0.2, 0.25) is 0 Å². The molecule has 0 aliphatic rings. The molecule has 0 spiro atoms. The second kappa shape index (κ2) is 16.9. The van der Waals surface area contributed by atoms with Crippen molar-refractivity contribution in [1.82, 2.24) is 16.0 Å². The van der Waals surface area contributed by atoms with Crippen molar-refractivity contribution in [2.45, 2.75) is 78.1 Å². The Labute approximate surface area is 236 Å². The molecule has 12 nitrogen and oxygen atoms in total. The maximum Gasteiger partial charge on any atom is 0.408 e. The standard InChI is InChI=1S/C27H37F2N3O9/c1-6-15(4)21(32-27(39)41-13-16-7-9-17(10-8-16)26(38)40-5)24(35)31-19(11-14(2)3)23(34)30-18(12-20(28)29)22(33)25(36)37/h7-10,14-15,18-21H,6,11-13H2,1-5H3,(H,30,34)(H,31,35)(H,32,39)(H,36,37)/t15?,18-,19-,21-/m0/s1. The number of ether oxygens (including phenoxy) is 2. The smallest absolute Gasteiger partial charge is 0.408 e. The Kier molecular flexibility index (Phi) is 14.4. The van der Waals surface area contributed by atoms with Crippen LogP contribution in [-0.2, 0) is 35.3 Å². The van der Waals surface area contributed by atoms with Gasteiger partial charge in [-0.05, 0) is 36.0 Å². The quantitative estimate of drug-likeness (QED) is 0.168. The van der Waals surface area contributed by atoms with Gasteiger partial charge in [-0.2, -0.15) is 0 Å². The molecule has 0 heterocycles. The number of esters is 1. The highest BCUT2D eigenvalue weighted by atomic mass is 19.3. The molecular weight excluding hydrogens is 548 g/mol. The number of methoxy groups -OCH3 is 1. The molecule has 228 valence electrons. The van der Waals surface area contributed by atoms with Crippen molar-refractivity contribution in [2.75, 3.05) is 7.11 Å². The molecule has 0 bridgehead atoms. The molecule has 1 aromatic carbocycles. The molecule has 41 heavy (non-hydrogen) atoms. The molecule has 0 aliphatic heterocycles. The largest absolute Gasteiger partial charge is 0.475 e. The van der Waals surface area contributed by atoms with E-state index in [1.807, 2.05) is 5.32 Å². The van der Waals surface area contributed by atoms with Crippen LogP contribution >= 0.6 is 0 Å². The summed E-state index contributed by atoms with van der Waals surface area (Å²) in [5.41, 5.74) is 0.863. The first-order valence-corrected chi connectivity index (χ1v) is 13.0. The number of alkyl halides is 2. The average Bonchev–Trinajstić information content (AvgIpc) is 2.92. The fraction of sp³-hybridized carbons (Fsp3) is 0.556. The summed E-state index contributed by atoms with van der Waals surface area (Å²) in [4.78, 5) is 73.1. The van der Waals surface area contributed by atoms with Crippen molar-refractivity contribution in [3.05, 3.63) is 35.4 Å². The van der Waals surface area contributed by atoms with Crippen LogP contribution in [0.25, 0.3) is 0 Å². The number of halogens is 2. The van der Waals surface area contributed by atoms with E-state index in [-0.39, 0.29) is 18.9 Å². The lowest BCUT2D eigenvalue weighted by molar-refractivity contribution is -0.151. The molecule has 4 atom stereocenters. The predicted octanol–water partition coefficient (Wildman–Crippen LogP) is 2.44. The lowest BCUT2D eigenvalue weighted by Gasteiger charge is -2.27. The van der Waals surface area contributed by atoms with Gasteiger partial charge >= 0.3 is 18.0 Å². The minimum absolute atomic E-state index is 0.0273. The van der Waals surface area contributed by atoms with E-state index in [1.165, 1.54) is 19.2 Å². The minimum Gasteiger partial charge on any atom is -0.475 e. The molecular formula is C27H37F2N3O9. The van der Waals surface area contributed by atoms with E-state index in [2.05, 4.69) is 15.4 Å². The molecule has 1 unspecified atom stereocenters. The van der Waals surface area contributed by atoms with E-state index in [9.17, 15) is 37.5 Å².